The molecule has 1 amide bonds. The van der Waals surface area contributed by atoms with Crippen molar-refractivity contribution in [2.75, 3.05) is 21.3 Å². The first-order chi connectivity index (χ1) is 15.9. The Morgan fingerprint density at radius 2 is 1.45 bits per heavy atom. The fourth-order valence-electron chi connectivity index (χ4n) is 5.58. The third kappa shape index (κ3) is 4.54. The highest BCUT2D eigenvalue weighted by Crippen LogP contribution is 2.38. The summed E-state index contributed by atoms with van der Waals surface area (Å²) < 4.78 is 16.4. The van der Waals surface area contributed by atoms with Crippen molar-refractivity contribution in [1.29, 1.82) is 0 Å². The summed E-state index contributed by atoms with van der Waals surface area (Å²) in [6.45, 7) is 7.20. The molecule has 4 rings (SSSR count). The van der Waals surface area contributed by atoms with Gasteiger partial charge in [0, 0.05) is 35.8 Å². The summed E-state index contributed by atoms with van der Waals surface area (Å²) in [6, 6.07) is 9.06. The Kier molecular flexibility index (Phi) is 6.84. The lowest BCUT2D eigenvalue weighted by molar-refractivity contribution is 0.0826. The van der Waals surface area contributed by atoms with Crippen LogP contribution in [-0.4, -0.2) is 50.3 Å². The molecule has 0 radical (unpaired) electrons. The van der Waals surface area contributed by atoms with Gasteiger partial charge in [0.25, 0.3) is 5.91 Å². The molecule has 2 atom stereocenters. The Hall–Kier alpha value is -2.73. The zero-order valence-electron chi connectivity index (χ0n) is 20.7. The van der Waals surface area contributed by atoms with Crippen LogP contribution >= 0.6 is 0 Å². The number of nitrogens with zero attached hydrogens (tertiary/aromatic N) is 1. The number of nitrogens with one attached hydrogen (secondary N) is 1. The number of methoxy groups -OCH3 is 3. The molecule has 6 nitrogen and oxygen atoms in total. The molecule has 2 unspecified atom stereocenters. The molecule has 6 heteroatoms. The molecule has 0 aromatic heterocycles. The average Bonchev–Trinajstić information content (AvgIpc) is 3.04. The Labute approximate surface area is 197 Å². The van der Waals surface area contributed by atoms with Crippen LogP contribution in [0.1, 0.15) is 58.3 Å². The summed E-state index contributed by atoms with van der Waals surface area (Å²) >= 11 is 0. The number of piperidine rings is 1. The van der Waals surface area contributed by atoms with Gasteiger partial charge in [-0.1, -0.05) is 6.07 Å². The molecule has 2 aliphatic rings. The number of amides is 1. The molecule has 2 bridgehead atoms. The molecule has 2 fully saturated rings. The van der Waals surface area contributed by atoms with Gasteiger partial charge in [-0.05, 0) is 81.3 Å². The van der Waals surface area contributed by atoms with Gasteiger partial charge < -0.3 is 19.5 Å². The maximum absolute atomic E-state index is 13.1. The molecule has 2 aliphatic heterocycles. The molecule has 0 saturated carbocycles. The molecule has 33 heavy (non-hydrogen) atoms. The molecular weight excluding hydrogens is 416 g/mol. The van der Waals surface area contributed by atoms with Gasteiger partial charge in [0.15, 0.2) is 0 Å². The number of benzene rings is 2. The van der Waals surface area contributed by atoms with Crippen LogP contribution in [0.15, 0.2) is 24.3 Å². The summed E-state index contributed by atoms with van der Waals surface area (Å²) in [5.74, 6) is 2.22. The van der Waals surface area contributed by atoms with Gasteiger partial charge in [-0.3, -0.25) is 9.69 Å². The summed E-state index contributed by atoms with van der Waals surface area (Å²) in [5.41, 5.74) is 5.37. The molecule has 0 spiro atoms. The topological polar surface area (TPSA) is 60.0 Å². The predicted octanol–water partition coefficient (Wildman–Crippen LogP) is 4.56. The van der Waals surface area contributed by atoms with Crippen LogP contribution < -0.4 is 19.5 Å². The first kappa shape index (κ1) is 23.4. The van der Waals surface area contributed by atoms with Crippen LogP contribution in [0, 0.1) is 20.8 Å². The van der Waals surface area contributed by atoms with E-state index in [9.17, 15) is 4.79 Å². The van der Waals surface area contributed by atoms with E-state index in [4.69, 9.17) is 14.2 Å². The minimum Gasteiger partial charge on any atom is -0.496 e. The monoisotopic (exact) mass is 452 g/mol. The number of hydrogen-bond acceptors (Lipinski definition) is 5. The van der Waals surface area contributed by atoms with Gasteiger partial charge in [-0.15, -0.1) is 0 Å². The second-order valence-electron chi connectivity index (χ2n) is 9.38. The third-order valence-electron chi connectivity index (χ3n) is 7.66. The van der Waals surface area contributed by atoms with Crippen LogP contribution in [-0.2, 0) is 6.54 Å². The van der Waals surface area contributed by atoms with E-state index >= 15 is 0 Å². The molecule has 178 valence electrons. The van der Waals surface area contributed by atoms with Crippen molar-refractivity contribution in [3.05, 3.63) is 52.1 Å². The number of carbonyl (C=O) groups excluding carboxylic acids is 1. The summed E-state index contributed by atoms with van der Waals surface area (Å²) in [6.07, 6.45) is 4.35. The van der Waals surface area contributed by atoms with Crippen molar-refractivity contribution in [2.24, 2.45) is 0 Å². The van der Waals surface area contributed by atoms with Gasteiger partial charge in [0.05, 0.1) is 21.3 Å². The van der Waals surface area contributed by atoms with Crippen molar-refractivity contribution in [3.8, 4) is 17.2 Å². The molecule has 2 heterocycles. The van der Waals surface area contributed by atoms with Gasteiger partial charge in [0.1, 0.15) is 17.2 Å². The molecule has 2 aromatic rings. The largest absolute Gasteiger partial charge is 0.496 e. The van der Waals surface area contributed by atoms with Crippen molar-refractivity contribution >= 4 is 5.91 Å². The number of fused-ring (bicyclic) bond motifs is 2. The van der Waals surface area contributed by atoms with E-state index in [0.29, 0.717) is 29.1 Å². The Morgan fingerprint density at radius 1 is 0.879 bits per heavy atom. The van der Waals surface area contributed by atoms with Gasteiger partial charge in [-0.2, -0.15) is 0 Å². The fourth-order valence-corrected chi connectivity index (χ4v) is 5.58. The van der Waals surface area contributed by atoms with E-state index in [1.54, 1.807) is 33.5 Å². The standard InChI is InChI=1S/C27H36N2O4/c1-16-17(2)24(31-4)10-7-19(16)15-29-22-8-9-23(29)14-21(13-22)28-27(30)20-11-25(32-5)18(3)26(12-20)33-6/h7,10-12,21-23H,8-9,13-15H2,1-6H3,(H,28,30). The maximum atomic E-state index is 13.1. The second kappa shape index (κ2) is 9.64. The van der Waals surface area contributed by atoms with Crippen LogP contribution in [0.4, 0.5) is 0 Å². The molecule has 0 aliphatic carbocycles. The lowest BCUT2D eigenvalue weighted by atomic mass is 9.94. The molecular formula is C27H36N2O4. The number of hydrogen-bond donors (Lipinski definition) is 1. The third-order valence-corrected chi connectivity index (χ3v) is 7.66. The summed E-state index contributed by atoms with van der Waals surface area (Å²) in [4.78, 5) is 15.7. The molecule has 2 aromatic carbocycles. The molecule has 2 saturated heterocycles. The van der Waals surface area contributed by atoms with Crippen molar-refractivity contribution in [3.63, 3.8) is 0 Å². The van der Waals surface area contributed by atoms with E-state index in [1.165, 1.54) is 29.5 Å². The average molecular weight is 453 g/mol. The zero-order valence-corrected chi connectivity index (χ0v) is 20.7. The highest BCUT2D eigenvalue weighted by atomic mass is 16.5. The highest BCUT2D eigenvalue weighted by Gasteiger charge is 2.41. The van der Waals surface area contributed by atoms with E-state index < -0.39 is 0 Å². The highest BCUT2D eigenvalue weighted by molar-refractivity contribution is 5.95. The Morgan fingerprint density at radius 3 is 2.00 bits per heavy atom. The summed E-state index contributed by atoms with van der Waals surface area (Å²) in [7, 11) is 4.95. The van der Waals surface area contributed by atoms with Gasteiger partial charge in [-0.25, -0.2) is 0 Å². The maximum Gasteiger partial charge on any atom is 0.251 e. The first-order valence-electron chi connectivity index (χ1n) is 11.8. The van der Waals surface area contributed by atoms with Crippen LogP contribution in [0.3, 0.4) is 0 Å². The SMILES string of the molecule is COc1cc(C(=O)NC2CC3CCC(C2)N3Cc2ccc(OC)c(C)c2C)cc(OC)c1C. The van der Waals surface area contributed by atoms with Gasteiger partial charge in [0.2, 0.25) is 0 Å². The number of ether oxygens (including phenoxy) is 3. The van der Waals surface area contributed by atoms with Crippen LogP contribution in [0.2, 0.25) is 0 Å². The Bertz CT molecular complexity index is 996. The minimum atomic E-state index is -0.0638. The first-order valence-corrected chi connectivity index (χ1v) is 11.8. The van der Waals surface area contributed by atoms with Crippen LogP contribution in [0.25, 0.3) is 0 Å². The fraction of sp³-hybridized carbons (Fsp3) is 0.519. The number of rotatable bonds is 7. The predicted molar refractivity (Wildman–Crippen MR) is 130 cm³/mol. The van der Waals surface area contributed by atoms with E-state index in [1.807, 2.05) is 6.92 Å². The minimum absolute atomic E-state index is 0.0638. The number of carbonyl (C=O) groups is 1. The van der Waals surface area contributed by atoms with Crippen molar-refractivity contribution in [2.45, 2.75) is 71.1 Å². The van der Waals surface area contributed by atoms with Crippen molar-refractivity contribution < 1.29 is 19.0 Å². The summed E-state index contributed by atoms with van der Waals surface area (Å²) in [5, 5.41) is 3.28. The molecule has 1 N–H and O–H groups in total. The van der Waals surface area contributed by atoms with E-state index in [0.717, 1.165) is 30.7 Å². The zero-order chi connectivity index (χ0) is 23.7. The smallest absolute Gasteiger partial charge is 0.251 e. The van der Waals surface area contributed by atoms with Crippen LogP contribution in [0.5, 0.6) is 17.2 Å². The van der Waals surface area contributed by atoms with Gasteiger partial charge >= 0.3 is 0 Å². The quantitative estimate of drug-likeness (QED) is 0.667. The van der Waals surface area contributed by atoms with Crippen molar-refractivity contribution in [1.82, 2.24) is 10.2 Å². The second-order valence-corrected chi connectivity index (χ2v) is 9.38. The normalized spacial score (nSPS) is 22.2. The lowest BCUT2D eigenvalue weighted by Crippen LogP contribution is -2.50. The van der Waals surface area contributed by atoms with E-state index in [-0.39, 0.29) is 11.9 Å². The van der Waals surface area contributed by atoms with E-state index in [2.05, 4.69) is 36.2 Å². The lowest BCUT2D eigenvalue weighted by Gasteiger charge is -2.39. The Balaban J connectivity index is 1.44.